The fourth-order valence-corrected chi connectivity index (χ4v) is 1.58. The molecule has 0 amide bonds. The Morgan fingerprint density at radius 2 is 2.07 bits per heavy atom. The van der Waals surface area contributed by atoms with Crippen LogP contribution in [0.4, 0.5) is 0 Å². The van der Waals surface area contributed by atoms with E-state index >= 15 is 0 Å². The maximum Gasteiger partial charge on any atom is 0.163 e. The van der Waals surface area contributed by atoms with Crippen LogP contribution in [-0.4, -0.2) is 19.5 Å². The molecule has 0 aromatic heterocycles. The Balaban J connectivity index is 2.80. The Bertz CT molecular complexity index is 318. The minimum Gasteiger partial charge on any atom is -0.384 e. The predicted molar refractivity (Wildman–Crippen MR) is 61.3 cm³/mol. The second-order valence-corrected chi connectivity index (χ2v) is 3.57. The zero-order valence-corrected chi connectivity index (χ0v) is 9.45. The molecule has 0 unspecified atom stereocenters. The summed E-state index contributed by atoms with van der Waals surface area (Å²) in [5.41, 5.74) is 1.95. The van der Waals surface area contributed by atoms with E-state index < -0.39 is 0 Å². The highest BCUT2D eigenvalue weighted by molar-refractivity contribution is 5.97. The van der Waals surface area contributed by atoms with E-state index in [0.717, 1.165) is 24.0 Å². The number of hydrogen-bond donors (Lipinski definition) is 0. The quantitative estimate of drug-likeness (QED) is 0.669. The summed E-state index contributed by atoms with van der Waals surface area (Å²) in [5, 5.41) is 0. The van der Waals surface area contributed by atoms with Gasteiger partial charge in [0.25, 0.3) is 0 Å². The predicted octanol–water partition coefficient (Wildman–Crippen LogP) is 2.86. The zero-order valence-electron chi connectivity index (χ0n) is 9.45. The molecule has 0 bridgehead atoms. The smallest absolute Gasteiger partial charge is 0.163 e. The molecule has 1 aromatic rings. The summed E-state index contributed by atoms with van der Waals surface area (Å²) in [4.78, 5) is 11.8. The van der Waals surface area contributed by atoms with Gasteiger partial charge in [0.2, 0.25) is 0 Å². The number of rotatable bonds is 6. The lowest BCUT2D eigenvalue weighted by Crippen LogP contribution is -2.05. The number of methoxy groups -OCH3 is 1. The molecule has 2 nitrogen and oxygen atoms in total. The van der Waals surface area contributed by atoms with E-state index in [-0.39, 0.29) is 5.78 Å². The molecule has 0 N–H and O–H groups in total. The van der Waals surface area contributed by atoms with Crippen molar-refractivity contribution in [1.29, 1.82) is 0 Å². The first-order valence-corrected chi connectivity index (χ1v) is 5.39. The number of hydrogen-bond acceptors (Lipinski definition) is 2. The molecule has 0 atom stereocenters. The summed E-state index contributed by atoms with van der Waals surface area (Å²) in [7, 11) is 1.68. The first-order chi connectivity index (χ1) is 7.29. The molecule has 0 spiro atoms. The van der Waals surface area contributed by atoms with Crippen LogP contribution in [0.15, 0.2) is 24.3 Å². The highest BCUT2D eigenvalue weighted by Crippen LogP contribution is 2.13. The Kier molecular flexibility index (Phi) is 5.05. The van der Waals surface area contributed by atoms with Gasteiger partial charge in [-0.3, -0.25) is 4.79 Å². The zero-order chi connectivity index (χ0) is 11.1. The van der Waals surface area contributed by atoms with E-state index in [1.807, 2.05) is 31.2 Å². The molecule has 0 aliphatic carbocycles. The van der Waals surface area contributed by atoms with Gasteiger partial charge in [0.15, 0.2) is 5.78 Å². The number of ether oxygens (including phenoxy) is 1. The molecule has 0 fully saturated rings. The van der Waals surface area contributed by atoms with E-state index in [1.165, 1.54) is 0 Å². The summed E-state index contributed by atoms with van der Waals surface area (Å²) >= 11 is 0. The van der Waals surface area contributed by atoms with Crippen molar-refractivity contribution in [2.24, 2.45) is 0 Å². The third-order valence-corrected chi connectivity index (χ3v) is 2.37. The van der Waals surface area contributed by atoms with E-state index in [4.69, 9.17) is 4.74 Å². The molecule has 1 aromatic carbocycles. The molecular formula is C13H18O2. The number of carbonyl (C=O) groups excluding carboxylic acids is 1. The highest BCUT2D eigenvalue weighted by atomic mass is 16.5. The van der Waals surface area contributed by atoms with Crippen molar-refractivity contribution in [3.8, 4) is 0 Å². The number of carbonyl (C=O) groups is 1. The number of benzene rings is 1. The van der Waals surface area contributed by atoms with Gasteiger partial charge in [0, 0.05) is 19.1 Å². The van der Waals surface area contributed by atoms with E-state index in [9.17, 15) is 4.79 Å². The van der Waals surface area contributed by atoms with Crippen molar-refractivity contribution in [2.45, 2.75) is 26.2 Å². The van der Waals surface area contributed by atoms with Crippen molar-refractivity contribution < 1.29 is 9.53 Å². The van der Waals surface area contributed by atoms with Crippen molar-refractivity contribution in [2.75, 3.05) is 13.7 Å². The van der Waals surface area contributed by atoms with Gasteiger partial charge in [-0.1, -0.05) is 31.2 Å². The Hall–Kier alpha value is -1.15. The number of ketones is 1. The maximum atomic E-state index is 11.8. The number of Topliss-reactive ketones (excluding diaryl/α,β-unsaturated/α-hetero) is 1. The molecule has 0 heterocycles. The summed E-state index contributed by atoms with van der Waals surface area (Å²) in [5.74, 6) is 0.240. The molecule has 15 heavy (non-hydrogen) atoms. The van der Waals surface area contributed by atoms with Crippen molar-refractivity contribution in [3.63, 3.8) is 0 Å². The fourth-order valence-electron chi connectivity index (χ4n) is 1.58. The lowest BCUT2D eigenvalue weighted by Gasteiger charge is -2.07. The fraction of sp³-hybridized carbons (Fsp3) is 0.462. The van der Waals surface area contributed by atoms with Crippen molar-refractivity contribution in [3.05, 3.63) is 35.4 Å². The van der Waals surface area contributed by atoms with Crippen LogP contribution in [-0.2, 0) is 11.2 Å². The van der Waals surface area contributed by atoms with E-state index in [0.29, 0.717) is 13.0 Å². The minimum atomic E-state index is 0.240. The molecule has 0 saturated heterocycles. The van der Waals surface area contributed by atoms with Crippen LogP contribution in [0.25, 0.3) is 0 Å². The topological polar surface area (TPSA) is 26.3 Å². The van der Waals surface area contributed by atoms with Crippen LogP contribution in [0, 0.1) is 0 Å². The third kappa shape index (κ3) is 3.48. The molecule has 2 heteroatoms. The van der Waals surface area contributed by atoms with E-state index in [2.05, 4.69) is 0 Å². The Morgan fingerprint density at radius 1 is 1.33 bits per heavy atom. The average molecular weight is 206 g/mol. The van der Waals surface area contributed by atoms with Gasteiger partial charge in [-0.2, -0.15) is 0 Å². The lowest BCUT2D eigenvalue weighted by molar-refractivity contribution is 0.0980. The summed E-state index contributed by atoms with van der Waals surface area (Å²) < 4.78 is 5.03. The van der Waals surface area contributed by atoms with Gasteiger partial charge in [-0.05, 0) is 18.4 Å². The molecular weight excluding hydrogens is 188 g/mol. The van der Waals surface area contributed by atoms with Gasteiger partial charge in [0.05, 0.1) is 6.61 Å². The largest absolute Gasteiger partial charge is 0.384 e. The summed E-state index contributed by atoms with van der Waals surface area (Å²) in [6.07, 6.45) is 2.34. The molecule has 0 saturated carbocycles. The van der Waals surface area contributed by atoms with Crippen molar-refractivity contribution in [1.82, 2.24) is 0 Å². The monoisotopic (exact) mass is 206 g/mol. The normalized spacial score (nSPS) is 10.3. The molecule has 0 aliphatic rings. The maximum absolute atomic E-state index is 11.8. The summed E-state index contributed by atoms with van der Waals surface area (Å²) in [6.45, 7) is 2.69. The van der Waals surface area contributed by atoms with Gasteiger partial charge in [-0.25, -0.2) is 0 Å². The first-order valence-electron chi connectivity index (χ1n) is 5.39. The minimum absolute atomic E-state index is 0.240. The van der Waals surface area contributed by atoms with Crippen LogP contribution >= 0.6 is 0 Å². The third-order valence-electron chi connectivity index (χ3n) is 2.37. The van der Waals surface area contributed by atoms with Gasteiger partial charge >= 0.3 is 0 Å². The van der Waals surface area contributed by atoms with Gasteiger partial charge in [0.1, 0.15) is 0 Å². The highest BCUT2D eigenvalue weighted by Gasteiger charge is 2.08. The van der Waals surface area contributed by atoms with Crippen molar-refractivity contribution >= 4 is 5.78 Å². The van der Waals surface area contributed by atoms with Crippen LogP contribution in [0.3, 0.4) is 0 Å². The standard InChI is InChI=1S/C13H18O2/c1-3-6-13(14)12-8-5-4-7-11(12)9-10-15-2/h4-5,7-8H,3,6,9-10H2,1-2H3. The molecule has 82 valence electrons. The van der Waals surface area contributed by atoms with Crippen LogP contribution < -0.4 is 0 Å². The second-order valence-electron chi connectivity index (χ2n) is 3.57. The molecule has 1 rings (SSSR count). The summed E-state index contributed by atoms with van der Waals surface area (Å²) in [6, 6.07) is 7.79. The van der Waals surface area contributed by atoms with E-state index in [1.54, 1.807) is 7.11 Å². The lowest BCUT2D eigenvalue weighted by atomic mass is 9.99. The Labute approximate surface area is 91.3 Å². The Morgan fingerprint density at radius 3 is 2.73 bits per heavy atom. The molecule has 0 aliphatic heterocycles. The van der Waals surface area contributed by atoms with Gasteiger partial charge in [-0.15, -0.1) is 0 Å². The molecule has 0 radical (unpaired) electrons. The van der Waals surface area contributed by atoms with Crippen LogP contribution in [0.1, 0.15) is 35.7 Å². The SMILES string of the molecule is CCCC(=O)c1ccccc1CCOC. The second kappa shape index (κ2) is 6.36. The van der Waals surface area contributed by atoms with Crippen LogP contribution in [0.2, 0.25) is 0 Å². The average Bonchev–Trinajstić information content (AvgIpc) is 2.27. The first kappa shape index (κ1) is 11.9. The van der Waals surface area contributed by atoms with Gasteiger partial charge < -0.3 is 4.74 Å². The van der Waals surface area contributed by atoms with Crippen LogP contribution in [0.5, 0.6) is 0 Å².